The van der Waals surface area contributed by atoms with Gasteiger partial charge < -0.3 is 5.73 Å². The van der Waals surface area contributed by atoms with Crippen LogP contribution in [0.5, 0.6) is 0 Å². The lowest BCUT2D eigenvalue weighted by atomic mass is 10.1. The molecule has 0 saturated carbocycles. The highest BCUT2D eigenvalue weighted by molar-refractivity contribution is 5.81. The molecule has 1 heterocycles. The Morgan fingerprint density at radius 1 is 1.17 bits per heavy atom. The molecule has 0 saturated heterocycles. The molecule has 2 N–H and O–H groups in total. The van der Waals surface area contributed by atoms with Crippen LogP contribution in [-0.2, 0) is 12.8 Å². The first-order chi connectivity index (χ1) is 8.69. The minimum Gasteiger partial charge on any atom is -0.330 e. The van der Waals surface area contributed by atoms with E-state index in [9.17, 15) is 4.79 Å². The molecule has 2 aromatic rings. The van der Waals surface area contributed by atoms with Crippen molar-refractivity contribution in [3.05, 3.63) is 59.4 Å². The average Bonchev–Trinajstić information content (AvgIpc) is 2.81. The highest BCUT2D eigenvalue weighted by atomic mass is 16.1. The zero-order valence-corrected chi connectivity index (χ0v) is 10.6. The number of aryl methyl sites for hydroxylation is 1. The maximum absolute atomic E-state index is 12.0. The van der Waals surface area contributed by atoms with Crippen molar-refractivity contribution in [1.29, 1.82) is 0 Å². The second-order valence-electron chi connectivity index (χ2n) is 4.52. The molecule has 0 aliphatic carbocycles. The van der Waals surface area contributed by atoms with Gasteiger partial charge in [0.25, 0.3) is 0 Å². The molecule has 0 aliphatic heterocycles. The highest BCUT2D eigenvalue weighted by Gasteiger charge is 2.06. The van der Waals surface area contributed by atoms with Crippen molar-refractivity contribution in [3.63, 3.8) is 0 Å². The maximum atomic E-state index is 12.0. The number of nitrogens with zero attached hydrogens (tertiary/aromatic N) is 1. The van der Waals surface area contributed by atoms with Crippen LogP contribution in [0.3, 0.4) is 0 Å². The fraction of sp³-hybridized carbons (Fsp3) is 0.267. The van der Waals surface area contributed by atoms with E-state index < -0.39 is 0 Å². The second kappa shape index (κ2) is 5.65. The topological polar surface area (TPSA) is 48.0 Å². The van der Waals surface area contributed by atoms with Gasteiger partial charge in [0.1, 0.15) is 0 Å². The molecule has 2 rings (SSSR count). The minimum atomic E-state index is 0.0853. The van der Waals surface area contributed by atoms with Crippen LogP contribution in [0, 0.1) is 6.92 Å². The van der Waals surface area contributed by atoms with Crippen LogP contribution in [0.25, 0.3) is 0 Å². The highest BCUT2D eigenvalue weighted by Crippen LogP contribution is 2.07. The third kappa shape index (κ3) is 3.08. The van der Waals surface area contributed by atoms with Gasteiger partial charge in [0.2, 0.25) is 5.91 Å². The van der Waals surface area contributed by atoms with E-state index in [4.69, 9.17) is 5.73 Å². The van der Waals surface area contributed by atoms with Crippen LogP contribution >= 0.6 is 0 Å². The van der Waals surface area contributed by atoms with Crippen LogP contribution in [-0.4, -0.2) is 17.0 Å². The number of hydrogen-bond donors (Lipinski definition) is 1. The standard InChI is InChI=1S/C15H18N2O/c1-12-2-4-13(5-3-12)10-15(18)17-9-7-14(11-17)6-8-16/h2-5,7,9,11H,6,8,10,16H2,1H3. The number of rotatable bonds is 4. The predicted molar refractivity (Wildman–Crippen MR) is 72.7 cm³/mol. The van der Waals surface area contributed by atoms with Crippen molar-refractivity contribution < 1.29 is 4.79 Å². The van der Waals surface area contributed by atoms with Crippen LogP contribution in [0.2, 0.25) is 0 Å². The summed E-state index contributed by atoms with van der Waals surface area (Å²) in [5, 5.41) is 0. The fourth-order valence-corrected chi connectivity index (χ4v) is 1.88. The summed E-state index contributed by atoms with van der Waals surface area (Å²) in [6.07, 6.45) is 4.91. The van der Waals surface area contributed by atoms with Crippen LogP contribution in [0.15, 0.2) is 42.7 Å². The number of nitrogens with two attached hydrogens (primary N) is 1. The van der Waals surface area contributed by atoms with Gasteiger partial charge in [-0.2, -0.15) is 0 Å². The zero-order chi connectivity index (χ0) is 13.0. The molecule has 0 radical (unpaired) electrons. The number of hydrogen-bond acceptors (Lipinski definition) is 2. The molecule has 0 aliphatic rings. The molecule has 0 fully saturated rings. The van der Waals surface area contributed by atoms with Crippen LogP contribution in [0.4, 0.5) is 0 Å². The van der Waals surface area contributed by atoms with Gasteiger partial charge >= 0.3 is 0 Å². The van der Waals surface area contributed by atoms with Gasteiger partial charge in [0.05, 0.1) is 6.42 Å². The Balaban J connectivity index is 2.04. The summed E-state index contributed by atoms with van der Waals surface area (Å²) in [5.74, 6) is 0.0853. The van der Waals surface area contributed by atoms with Crippen molar-refractivity contribution in [2.45, 2.75) is 19.8 Å². The summed E-state index contributed by atoms with van der Waals surface area (Å²) < 4.78 is 1.64. The molecule has 1 aromatic carbocycles. The van der Waals surface area contributed by atoms with Gasteiger partial charge in [0, 0.05) is 12.4 Å². The Morgan fingerprint density at radius 2 is 1.89 bits per heavy atom. The van der Waals surface area contributed by atoms with Crippen LogP contribution < -0.4 is 5.73 Å². The van der Waals surface area contributed by atoms with E-state index in [0.717, 1.165) is 17.5 Å². The molecule has 1 aromatic heterocycles. The lowest BCUT2D eigenvalue weighted by molar-refractivity contribution is 0.0914. The molecule has 3 nitrogen and oxygen atoms in total. The summed E-state index contributed by atoms with van der Waals surface area (Å²) in [4.78, 5) is 12.0. The second-order valence-corrected chi connectivity index (χ2v) is 4.52. The molecule has 3 heteroatoms. The largest absolute Gasteiger partial charge is 0.330 e. The lowest BCUT2D eigenvalue weighted by Crippen LogP contribution is -2.11. The molecule has 0 atom stereocenters. The summed E-state index contributed by atoms with van der Waals surface area (Å²) >= 11 is 0. The molecular weight excluding hydrogens is 224 g/mol. The Hall–Kier alpha value is -1.87. The van der Waals surface area contributed by atoms with Gasteiger partial charge in [0.15, 0.2) is 0 Å². The first-order valence-corrected chi connectivity index (χ1v) is 6.15. The fourth-order valence-electron chi connectivity index (χ4n) is 1.88. The predicted octanol–water partition coefficient (Wildman–Crippen LogP) is 2.18. The number of carbonyl (C=O) groups is 1. The van der Waals surface area contributed by atoms with Crippen molar-refractivity contribution in [3.8, 4) is 0 Å². The average molecular weight is 242 g/mol. The zero-order valence-electron chi connectivity index (χ0n) is 10.6. The Bertz CT molecular complexity index is 526. The maximum Gasteiger partial charge on any atom is 0.234 e. The molecule has 0 amide bonds. The van der Waals surface area contributed by atoms with Gasteiger partial charge in [-0.3, -0.25) is 9.36 Å². The quantitative estimate of drug-likeness (QED) is 0.893. The van der Waals surface area contributed by atoms with E-state index >= 15 is 0 Å². The van der Waals surface area contributed by atoms with Crippen molar-refractivity contribution in [2.75, 3.05) is 6.54 Å². The minimum absolute atomic E-state index is 0.0853. The molecule has 0 spiro atoms. The summed E-state index contributed by atoms with van der Waals surface area (Å²) in [5.41, 5.74) is 8.84. The molecule has 0 bridgehead atoms. The van der Waals surface area contributed by atoms with E-state index in [1.807, 2.05) is 49.6 Å². The first-order valence-electron chi connectivity index (χ1n) is 6.15. The molecular formula is C15H18N2O. The normalized spacial score (nSPS) is 10.6. The number of aromatic nitrogens is 1. The molecule has 0 unspecified atom stereocenters. The monoisotopic (exact) mass is 242 g/mol. The third-order valence-corrected chi connectivity index (χ3v) is 2.95. The summed E-state index contributed by atoms with van der Waals surface area (Å²) in [6, 6.07) is 9.99. The van der Waals surface area contributed by atoms with E-state index in [1.54, 1.807) is 4.57 Å². The van der Waals surface area contributed by atoms with Crippen LogP contribution in [0.1, 0.15) is 21.5 Å². The lowest BCUT2D eigenvalue weighted by Gasteiger charge is -2.02. The summed E-state index contributed by atoms with van der Waals surface area (Å²) in [7, 11) is 0. The number of benzene rings is 1. The van der Waals surface area contributed by atoms with Crippen molar-refractivity contribution in [1.82, 2.24) is 4.57 Å². The van der Waals surface area contributed by atoms with Gasteiger partial charge in [-0.25, -0.2) is 0 Å². The van der Waals surface area contributed by atoms with Crippen molar-refractivity contribution >= 4 is 5.91 Å². The Morgan fingerprint density at radius 3 is 2.56 bits per heavy atom. The van der Waals surface area contributed by atoms with Gasteiger partial charge in [-0.05, 0) is 37.1 Å². The molecule has 18 heavy (non-hydrogen) atoms. The molecule has 94 valence electrons. The van der Waals surface area contributed by atoms with E-state index in [-0.39, 0.29) is 5.91 Å². The summed E-state index contributed by atoms with van der Waals surface area (Å²) in [6.45, 7) is 2.65. The SMILES string of the molecule is Cc1ccc(CC(=O)n2ccc(CCN)c2)cc1. The first kappa shape index (κ1) is 12.6. The van der Waals surface area contributed by atoms with E-state index in [0.29, 0.717) is 13.0 Å². The smallest absolute Gasteiger partial charge is 0.234 e. The van der Waals surface area contributed by atoms with Gasteiger partial charge in [-0.1, -0.05) is 29.8 Å². The van der Waals surface area contributed by atoms with Gasteiger partial charge in [-0.15, -0.1) is 0 Å². The van der Waals surface area contributed by atoms with Crippen molar-refractivity contribution in [2.24, 2.45) is 5.73 Å². The van der Waals surface area contributed by atoms with E-state index in [1.165, 1.54) is 5.56 Å². The van der Waals surface area contributed by atoms with E-state index in [2.05, 4.69) is 0 Å². The Kier molecular flexibility index (Phi) is 3.95. The third-order valence-electron chi connectivity index (χ3n) is 2.95. The Labute approximate surface area is 107 Å². The number of carbonyl (C=O) groups excluding carboxylic acids is 1.